The largest absolute Gasteiger partial charge is 0.756 e. The summed E-state index contributed by atoms with van der Waals surface area (Å²) in [5, 5.41) is 14.4. The molecule has 782 valence electrons. The lowest BCUT2D eigenvalue weighted by atomic mass is 9.87. The van der Waals surface area contributed by atoms with Gasteiger partial charge in [-0.25, -0.2) is 48.7 Å². The van der Waals surface area contributed by atoms with Gasteiger partial charge in [0, 0.05) is 39.8 Å². The number of amides is 2. The number of fused-ring (bicyclic) bond motifs is 2. The number of imidazole rings is 2. The third kappa shape index (κ3) is 31.3. The van der Waals surface area contributed by atoms with Gasteiger partial charge in [-0.1, -0.05) is 145 Å². The Kier molecular flexibility index (Phi) is 36.3. The number of rotatable bonds is 37. The van der Waals surface area contributed by atoms with Crippen molar-refractivity contribution in [2.24, 2.45) is 4.99 Å². The fourth-order valence-electron chi connectivity index (χ4n) is 15.2. The van der Waals surface area contributed by atoms with Crippen molar-refractivity contribution in [3.8, 4) is 29.1 Å². The standard InChI is InChI=1S/C49H62N11O13P.C43H54N9O13P.C4H11N/c1-10-34-36(23-40(70-34)60-29-53-45(57-47(60)64)52-27-58(8)9)73-74(65,68-21-11-20-50)69-24-37-35(72-41(62)26-67-33-18-14-31(15-19-33)49(5,6)7)22-39(71-37)59-28-51-42-43(59)55-46(56-44(42)63)54-38(61)25-66-32-16-12-30(13-17-32)48(2,3)4;1-8-28-30(18-34(62-28)52-23-46-39(44)50-41(52)56)65-66(57,58)61-19-31-29(64-35(54)21-60-27-15-11-25(12-16-27)43(5,6)7)17-33(63-31)51-22-45-36-37(51)48-40(49-38(36)55)47-32(53)20-59-26-13-9-24(10-14-26)42(2,3)4;1-4(2,3)5/h12-19,27-29,34-37,39-40H,10-11,21-26H2,1-9H3,(H2,54,55,56,61,63);9-16,22-23,28-31,33-34H,8,17-21H2,1-7H3,(H,57,58)(H2,44,50,56)(H2,47,48,49,53,55);5H2,1-3H3/t34-,35?,36?,37-,39-,40-,74?;28-,29?,30?,31-,33-,34-;/m11./s1. The number of aromatic nitrogens is 14. The number of phosphoric ester groups is 2. The van der Waals surface area contributed by atoms with Crippen LogP contribution in [-0.4, -0.2) is 218 Å². The Balaban J connectivity index is 0.000000248. The molecular formula is C96H127N21O26P2. The first-order chi connectivity index (χ1) is 68.3. The van der Waals surface area contributed by atoms with Gasteiger partial charge in [0.1, 0.15) is 85.0 Å². The van der Waals surface area contributed by atoms with Crippen LogP contribution in [0, 0.1) is 11.3 Å². The number of nitrogens with two attached hydrogens (primary N) is 1. The van der Waals surface area contributed by atoms with Gasteiger partial charge < -0.3 is 77.7 Å². The van der Waals surface area contributed by atoms with Gasteiger partial charge in [-0.2, -0.15) is 25.2 Å². The molecule has 4 fully saturated rings. The van der Waals surface area contributed by atoms with Crippen molar-refractivity contribution < 1.29 is 109 Å². The molecule has 0 aliphatic carbocycles. The zero-order chi connectivity index (χ0) is 105. The molecule has 9 N–H and O–H groups in total. The molecule has 0 spiro atoms. The van der Waals surface area contributed by atoms with E-state index in [1.165, 1.54) is 39.0 Å². The highest BCUT2D eigenvalue weighted by molar-refractivity contribution is 7.48. The molecule has 14 rings (SSSR count). The quantitative estimate of drug-likeness (QED) is 0.00693. The van der Waals surface area contributed by atoms with Crippen LogP contribution in [0.4, 0.5) is 23.8 Å². The highest BCUT2D eigenvalue weighted by Crippen LogP contribution is 2.55. The van der Waals surface area contributed by atoms with Crippen LogP contribution in [0.15, 0.2) is 147 Å². The van der Waals surface area contributed by atoms with E-state index >= 15 is 0 Å². The van der Waals surface area contributed by atoms with E-state index in [0.717, 1.165) is 33.1 Å². The number of carbonyl (C=O) groups is 4. The van der Waals surface area contributed by atoms with Gasteiger partial charge in [-0.05, 0) is 126 Å². The first kappa shape index (κ1) is 111. The molecule has 6 aromatic heterocycles. The Bertz CT molecular complexity index is 6570. The van der Waals surface area contributed by atoms with Gasteiger partial charge in [0.25, 0.3) is 36.7 Å². The summed E-state index contributed by atoms with van der Waals surface area (Å²) in [6.45, 7) is 31.4. The highest BCUT2D eigenvalue weighted by atomic mass is 31.2. The third-order valence-corrected chi connectivity index (χ3v) is 25.2. The lowest BCUT2D eigenvalue weighted by Gasteiger charge is -2.29. The summed E-state index contributed by atoms with van der Waals surface area (Å²) in [4.78, 5) is 162. The van der Waals surface area contributed by atoms with E-state index < -0.39 is 162 Å². The Morgan fingerprint density at radius 3 is 1.23 bits per heavy atom. The van der Waals surface area contributed by atoms with Gasteiger partial charge in [-0.15, -0.1) is 0 Å². The summed E-state index contributed by atoms with van der Waals surface area (Å²) in [7, 11) is -6.24. The molecule has 2 amide bonds. The molecule has 0 saturated carbocycles. The number of nitrogens with zero attached hydrogens (tertiary/aromatic N) is 15. The number of benzene rings is 4. The number of ether oxygens (including phenoxy) is 10. The number of aliphatic imine (C=N–C) groups is 1. The number of nitrogens with one attached hydrogen (secondary N) is 4. The predicted molar refractivity (Wildman–Crippen MR) is 525 cm³/mol. The summed E-state index contributed by atoms with van der Waals surface area (Å²) < 4.78 is 121. The number of nitriles is 1. The zero-order valence-electron chi connectivity index (χ0n) is 84.5. The van der Waals surface area contributed by atoms with Crippen molar-refractivity contribution in [2.45, 2.75) is 264 Å². The van der Waals surface area contributed by atoms with E-state index in [2.05, 4.69) is 175 Å². The molecule has 49 heteroatoms. The van der Waals surface area contributed by atoms with Gasteiger partial charge in [0.15, 0.2) is 48.8 Å². The van der Waals surface area contributed by atoms with E-state index in [9.17, 15) is 57.6 Å². The molecule has 4 aromatic carbocycles. The average molecular weight is 2050 g/mol. The van der Waals surface area contributed by atoms with Crippen LogP contribution in [-0.2, 0) is 101 Å². The van der Waals surface area contributed by atoms with E-state index in [4.69, 9.17) is 75.7 Å². The monoisotopic (exact) mass is 2050 g/mol. The molecule has 6 unspecified atom stereocenters. The molecular weight excluding hydrogens is 1930 g/mol. The first-order valence-corrected chi connectivity index (χ1v) is 50.0. The number of aromatic amines is 2. The zero-order valence-corrected chi connectivity index (χ0v) is 86.2. The second-order valence-electron chi connectivity index (χ2n) is 40.2. The highest BCUT2D eigenvalue weighted by Gasteiger charge is 2.48. The number of esters is 2. The van der Waals surface area contributed by atoms with E-state index in [1.54, 1.807) is 74.4 Å². The summed E-state index contributed by atoms with van der Waals surface area (Å²) in [6, 6.07) is 31.2. The van der Waals surface area contributed by atoms with Crippen LogP contribution in [0.3, 0.4) is 0 Å². The van der Waals surface area contributed by atoms with Crippen molar-refractivity contribution >= 4 is 91.9 Å². The topological polar surface area (TPSA) is 604 Å². The molecule has 4 saturated heterocycles. The number of carbonyl (C=O) groups excluding carboxylic acids is 4. The number of anilines is 3. The Morgan fingerprint density at radius 1 is 0.510 bits per heavy atom. The van der Waals surface area contributed by atoms with Crippen molar-refractivity contribution in [1.29, 1.82) is 5.26 Å². The lowest BCUT2D eigenvalue weighted by Crippen LogP contribution is -2.67. The van der Waals surface area contributed by atoms with Crippen LogP contribution in [0.5, 0.6) is 23.0 Å². The Hall–Kier alpha value is -12.9. The fraction of sp³-hybridized carbons (Fsp3) is 0.521. The summed E-state index contributed by atoms with van der Waals surface area (Å²) in [5.41, 5.74) is 10.6. The van der Waals surface area contributed by atoms with Gasteiger partial charge in [-0.3, -0.25) is 76.2 Å². The van der Waals surface area contributed by atoms with Crippen molar-refractivity contribution in [1.82, 2.24) is 73.0 Å². The molecule has 0 radical (unpaired) electrons. The van der Waals surface area contributed by atoms with Crippen LogP contribution in [0.1, 0.15) is 210 Å². The normalized spacial score (nSPS) is 21.0. The van der Waals surface area contributed by atoms with Gasteiger partial charge in [0.2, 0.25) is 17.8 Å². The molecule has 4 aliphatic heterocycles. The Morgan fingerprint density at radius 2 is 0.862 bits per heavy atom. The van der Waals surface area contributed by atoms with Gasteiger partial charge in [0.05, 0.1) is 81.3 Å². The maximum absolute atomic E-state index is 14.6. The summed E-state index contributed by atoms with van der Waals surface area (Å²) >= 11 is 0. The minimum absolute atomic E-state index is 0.00102. The van der Waals surface area contributed by atoms with Crippen LogP contribution in [0.25, 0.3) is 22.3 Å². The number of hydrogen-bond acceptors (Lipinski definition) is 37. The second kappa shape index (κ2) is 47.5. The maximum atomic E-state index is 14.6. The van der Waals surface area contributed by atoms with E-state index in [1.807, 2.05) is 61.5 Å². The molecule has 0 bridgehead atoms. The van der Waals surface area contributed by atoms with Gasteiger partial charge >= 0.3 is 31.1 Å². The minimum Gasteiger partial charge on any atom is -0.756 e. The molecule has 145 heavy (non-hydrogen) atoms. The first-order valence-electron chi connectivity index (χ1n) is 47.0. The minimum atomic E-state index is -5.13. The predicted octanol–water partition coefficient (Wildman–Crippen LogP) is 9.86. The SMILES string of the molecule is CC(C)(C)[NH3+].CC[C@H]1O[C@@H](n2cnc(N)nc2=O)CC1OP(=O)([O-])OC[C@H]1O[C@@H](n2cnc3c(=O)[nH]c(NC(=O)COc4ccc(C(C)(C)C)cc4)nc32)CC1OC(=O)COc1ccc(C(C)(C)C)cc1.CC[C@H]1O[C@@H](n2cnc(N=CN(C)C)nc2=O)CC1OP(=O)(OCCC#N)OC[C@H]1O[C@@H](n2cnc3c(=O)[nH]c(NC(=O)COc4ccc(C(C)(C)C)cc4)nc32)CC1OC(=O)COc1ccc(C(C)(C)C)cc1. The molecule has 4 aliphatic rings. The number of hydrogen-bond donors (Lipinski definition) is 6. The number of nitrogen functional groups attached to an aromatic ring is 1. The molecule has 10 aromatic rings. The number of phosphoric acid groups is 2. The number of H-pyrrole nitrogens is 2. The molecule has 14 atom stereocenters. The Labute approximate surface area is 835 Å². The van der Waals surface area contributed by atoms with E-state index in [-0.39, 0.29) is 125 Å². The second-order valence-corrected chi connectivity index (χ2v) is 43.2. The van der Waals surface area contributed by atoms with Crippen LogP contribution in [0.2, 0.25) is 0 Å². The molecule has 10 heterocycles. The van der Waals surface area contributed by atoms with Crippen molar-refractivity contribution in [3.63, 3.8) is 0 Å². The lowest BCUT2D eigenvalue weighted by molar-refractivity contribution is -0.458. The number of quaternary nitrogens is 1. The van der Waals surface area contributed by atoms with Crippen molar-refractivity contribution in [2.75, 3.05) is 76.7 Å². The summed E-state index contributed by atoms with van der Waals surface area (Å²) in [6.07, 6.45) is -5.30. The fourth-order valence-corrected chi connectivity index (χ4v) is 17.5. The maximum Gasteiger partial charge on any atom is 0.475 e. The summed E-state index contributed by atoms with van der Waals surface area (Å²) in [5.74, 6) is -1.68. The smallest absolute Gasteiger partial charge is 0.475 e. The van der Waals surface area contributed by atoms with E-state index in [0.29, 0.717) is 35.8 Å². The molecule has 47 nitrogen and oxygen atoms in total. The van der Waals surface area contributed by atoms with Crippen LogP contribution < -0.4 is 68.4 Å². The average Bonchev–Trinajstić information content (AvgIpc) is 1.65. The third-order valence-electron chi connectivity index (χ3n) is 22.7. The van der Waals surface area contributed by atoms with Crippen LogP contribution >= 0.6 is 15.6 Å². The van der Waals surface area contributed by atoms with Crippen molar-refractivity contribution in [3.05, 3.63) is 186 Å².